The van der Waals surface area contributed by atoms with E-state index in [-0.39, 0.29) is 11.9 Å². The van der Waals surface area contributed by atoms with Gasteiger partial charge in [0.05, 0.1) is 13.0 Å². The van der Waals surface area contributed by atoms with E-state index >= 15 is 0 Å². The van der Waals surface area contributed by atoms with Crippen LogP contribution in [0.4, 0.5) is 4.79 Å². The second-order valence-electron chi connectivity index (χ2n) is 4.85. The van der Waals surface area contributed by atoms with E-state index < -0.39 is 11.7 Å². The van der Waals surface area contributed by atoms with Crippen molar-refractivity contribution in [2.24, 2.45) is 5.92 Å². The zero-order chi connectivity index (χ0) is 13.5. The minimum Gasteiger partial charge on any atom is -0.469 e. The predicted octanol–water partition coefficient (Wildman–Crippen LogP) is 2.10. The summed E-state index contributed by atoms with van der Waals surface area (Å²) in [5.41, 5.74) is -0.503. The number of nitrogens with one attached hydrogen (secondary N) is 1. The summed E-state index contributed by atoms with van der Waals surface area (Å²) in [7, 11) is 1.37. The largest absolute Gasteiger partial charge is 0.469 e. The number of carbonyl (C=O) groups is 2. The summed E-state index contributed by atoms with van der Waals surface area (Å²) in [5.74, 6) is -0.409. The normalized spacial score (nSPS) is 12.8. The van der Waals surface area contributed by atoms with Crippen LogP contribution in [0.15, 0.2) is 0 Å². The third kappa shape index (κ3) is 7.60. The summed E-state index contributed by atoms with van der Waals surface area (Å²) >= 11 is 0. The van der Waals surface area contributed by atoms with E-state index in [1.807, 2.05) is 6.92 Å². The van der Waals surface area contributed by atoms with Crippen molar-refractivity contribution in [3.63, 3.8) is 0 Å². The van der Waals surface area contributed by atoms with Gasteiger partial charge in [0.25, 0.3) is 0 Å². The molecule has 0 aromatic rings. The standard InChI is InChI=1S/C12H23NO4/c1-6-9(10(14)16-5)7-8-13-11(15)17-12(2,3)4/h9H,6-8H2,1-5H3,(H,13,15)/t9-/m0/s1. The summed E-state index contributed by atoms with van der Waals surface area (Å²) in [6, 6.07) is 0. The second kappa shape index (κ2) is 7.14. The fourth-order valence-corrected chi connectivity index (χ4v) is 1.32. The van der Waals surface area contributed by atoms with Crippen molar-refractivity contribution in [2.45, 2.75) is 46.1 Å². The lowest BCUT2D eigenvalue weighted by Gasteiger charge is -2.20. The van der Waals surface area contributed by atoms with Crippen LogP contribution in [0.2, 0.25) is 0 Å². The summed E-state index contributed by atoms with van der Waals surface area (Å²) in [5, 5.41) is 2.61. The maximum absolute atomic E-state index is 11.3. The molecule has 1 N–H and O–H groups in total. The maximum atomic E-state index is 11.3. The van der Waals surface area contributed by atoms with Crippen LogP contribution in [0, 0.1) is 5.92 Å². The Hall–Kier alpha value is -1.26. The van der Waals surface area contributed by atoms with E-state index in [0.29, 0.717) is 19.4 Å². The average molecular weight is 245 g/mol. The van der Waals surface area contributed by atoms with Crippen molar-refractivity contribution in [3.8, 4) is 0 Å². The number of hydrogen-bond acceptors (Lipinski definition) is 4. The van der Waals surface area contributed by atoms with Gasteiger partial charge in [0, 0.05) is 6.54 Å². The molecule has 0 radical (unpaired) electrons. The Morgan fingerprint density at radius 2 is 1.88 bits per heavy atom. The number of ether oxygens (including phenoxy) is 2. The number of carbonyl (C=O) groups excluding carboxylic acids is 2. The van der Waals surface area contributed by atoms with E-state index in [2.05, 4.69) is 10.1 Å². The Morgan fingerprint density at radius 3 is 2.29 bits per heavy atom. The number of esters is 1. The Bertz CT molecular complexity index is 258. The van der Waals surface area contributed by atoms with Crippen LogP contribution in [0.5, 0.6) is 0 Å². The Kier molecular flexibility index (Phi) is 6.61. The fraction of sp³-hybridized carbons (Fsp3) is 0.833. The van der Waals surface area contributed by atoms with Gasteiger partial charge in [-0.3, -0.25) is 4.79 Å². The zero-order valence-electron chi connectivity index (χ0n) is 11.3. The van der Waals surface area contributed by atoms with Crippen LogP contribution in [0.1, 0.15) is 40.5 Å². The van der Waals surface area contributed by atoms with Crippen molar-refractivity contribution in [2.75, 3.05) is 13.7 Å². The van der Waals surface area contributed by atoms with Crippen molar-refractivity contribution in [3.05, 3.63) is 0 Å². The lowest BCUT2D eigenvalue weighted by Crippen LogP contribution is -2.34. The lowest BCUT2D eigenvalue weighted by molar-refractivity contribution is -0.145. The molecular formula is C12H23NO4. The van der Waals surface area contributed by atoms with Crippen LogP contribution in [0.3, 0.4) is 0 Å². The van der Waals surface area contributed by atoms with Crippen molar-refractivity contribution < 1.29 is 19.1 Å². The van der Waals surface area contributed by atoms with Crippen molar-refractivity contribution in [1.29, 1.82) is 0 Å². The van der Waals surface area contributed by atoms with Gasteiger partial charge in [0.1, 0.15) is 5.60 Å². The first-order valence-corrected chi connectivity index (χ1v) is 5.84. The minimum atomic E-state index is -0.503. The summed E-state index contributed by atoms with van der Waals surface area (Å²) in [4.78, 5) is 22.6. The Morgan fingerprint density at radius 1 is 1.29 bits per heavy atom. The summed E-state index contributed by atoms with van der Waals surface area (Å²) < 4.78 is 9.73. The third-order valence-corrected chi connectivity index (χ3v) is 2.19. The molecule has 0 aliphatic carbocycles. The molecule has 0 aromatic heterocycles. The molecule has 0 fully saturated rings. The second-order valence-corrected chi connectivity index (χ2v) is 4.85. The molecule has 0 heterocycles. The number of rotatable bonds is 5. The molecule has 0 saturated heterocycles. The van der Waals surface area contributed by atoms with Crippen molar-refractivity contribution >= 4 is 12.1 Å². The van der Waals surface area contributed by atoms with Gasteiger partial charge in [-0.2, -0.15) is 0 Å². The van der Waals surface area contributed by atoms with Gasteiger partial charge < -0.3 is 14.8 Å². The fourth-order valence-electron chi connectivity index (χ4n) is 1.32. The van der Waals surface area contributed by atoms with Gasteiger partial charge in [0.2, 0.25) is 0 Å². The van der Waals surface area contributed by atoms with Crippen molar-refractivity contribution in [1.82, 2.24) is 5.32 Å². The van der Waals surface area contributed by atoms with Crippen LogP contribution in [0.25, 0.3) is 0 Å². The molecule has 0 spiro atoms. The molecule has 0 saturated carbocycles. The molecule has 0 aromatic carbocycles. The number of alkyl carbamates (subject to hydrolysis) is 1. The number of methoxy groups -OCH3 is 1. The SMILES string of the molecule is CC[C@@H](CCNC(=O)OC(C)(C)C)C(=O)OC. The smallest absolute Gasteiger partial charge is 0.407 e. The lowest BCUT2D eigenvalue weighted by atomic mass is 10.0. The van der Waals surface area contributed by atoms with Gasteiger partial charge in [-0.05, 0) is 33.6 Å². The van der Waals surface area contributed by atoms with Gasteiger partial charge in [-0.25, -0.2) is 4.79 Å². The highest BCUT2D eigenvalue weighted by molar-refractivity contribution is 5.72. The minimum absolute atomic E-state index is 0.171. The van der Waals surface area contributed by atoms with Crippen LogP contribution in [-0.4, -0.2) is 31.3 Å². The molecule has 0 aliphatic heterocycles. The zero-order valence-corrected chi connectivity index (χ0v) is 11.3. The van der Waals surface area contributed by atoms with Gasteiger partial charge >= 0.3 is 12.1 Å². The first-order valence-electron chi connectivity index (χ1n) is 5.84. The topological polar surface area (TPSA) is 64.6 Å². The summed E-state index contributed by atoms with van der Waals surface area (Å²) in [6.07, 6.45) is 0.794. The molecular weight excluding hydrogens is 222 g/mol. The van der Waals surface area contributed by atoms with E-state index in [4.69, 9.17) is 4.74 Å². The maximum Gasteiger partial charge on any atom is 0.407 e. The third-order valence-electron chi connectivity index (χ3n) is 2.19. The predicted molar refractivity (Wildman–Crippen MR) is 64.7 cm³/mol. The Balaban J connectivity index is 3.90. The van der Waals surface area contributed by atoms with E-state index in [0.717, 1.165) is 0 Å². The van der Waals surface area contributed by atoms with Crippen LogP contribution < -0.4 is 5.32 Å². The van der Waals surface area contributed by atoms with Crippen LogP contribution >= 0.6 is 0 Å². The quantitative estimate of drug-likeness (QED) is 0.753. The first kappa shape index (κ1) is 15.7. The molecule has 0 aliphatic rings. The molecule has 0 rings (SSSR count). The molecule has 5 heteroatoms. The monoisotopic (exact) mass is 245 g/mol. The highest BCUT2D eigenvalue weighted by Crippen LogP contribution is 2.10. The van der Waals surface area contributed by atoms with E-state index in [9.17, 15) is 9.59 Å². The molecule has 0 bridgehead atoms. The summed E-state index contributed by atoms with van der Waals surface area (Å²) in [6.45, 7) is 7.72. The van der Waals surface area contributed by atoms with Gasteiger partial charge in [-0.1, -0.05) is 6.92 Å². The molecule has 1 amide bonds. The molecule has 0 unspecified atom stereocenters. The van der Waals surface area contributed by atoms with E-state index in [1.54, 1.807) is 20.8 Å². The highest BCUT2D eigenvalue weighted by Gasteiger charge is 2.18. The molecule has 5 nitrogen and oxygen atoms in total. The average Bonchev–Trinajstić information content (AvgIpc) is 2.21. The van der Waals surface area contributed by atoms with Gasteiger partial charge in [0.15, 0.2) is 0 Å². The molecule has 1 atom stereocenters. The van der Waals surface area contributed by atoms with E-state index in [1.165, 1.54) is 7.11 Å². The first-order chi connectivity index (χ1) is 7.80. The van der Waals surface area contributed by atoms with Crippen LogP contribution in [-0.2, 0) is 14.3 Å². The molecule has 100 valence electrons. The van der Waals surface area contributed by atoms with Gasteiger partial charge in [-0.15, -0.1) is 0 Å². The molecule has 17 heavy (non-hydrogen) atoms. The highest BCUT2D eigenvalue weighted by atomic mass is 16.6. The Labute approximate surface area is 103 Å². The number of amides is 1. The number of hydrogen-bond donors (Lipinski definition) is 1.